The molecule has 0 radical (unpaired) electrons. The molecule has 1 aliphatic carbocycles. The number of ether oxygens (including phenoxy) is 4. The summed E-state index contributed by atoms with van der Waals surface area (Å²) >= 11 is 0. The first-order valence-corrected chi connectivity index (χ1v) is 17.1. The Kier molecular flexibility index (Phi) is 12.0. The maximum absolute atomic E-state index is 14.5. The van der Waals surface area contributed by atoms with Gasteiger partial charge in [0.05, 0.1) is 39.0 Å². The van der Waals surface area contributed by atoms with Crippen molar-refractivity contribution in [3.05, 3.63) is 71.8 Å². The Morgan fingerprint density at radius 3 is 2.17 bits per heavy atom. The average Bonchev–Trinajstić information content (AvgIpc) is 3.08. The van der Waals surface area contributed by atoms with E-state index >= 15 is 0 Å². The van der Waals surface area contributed by atoms with Crippen molar-refractivity contribution in [2.75, 3.05) is 39.3 Å². The summed E-state index contributed by atoms with van der Waals surface area (Å²) in [4.78, 5) is 29.3. The van der Waals surface area contributed by atoms with Gasteiger partial charge in [-0.1, -0.05) is 49.1 Å². The number of carbonyl (C=O) groups excluding carboxylic acids is 2. The molecule has 1 unspecified atom stereocenters. The number of benzene rings is 3. The van der Waals surface area contributed by atoms with Crippen LogP contribution in [0.25, 0.3) is 0 Å². The number of methoxy groups -OCH3 is 4. The van der Waals surface area contributed by atoms with Gasteiger partial charge in [-0.2, -0.15) is 0 Å². The van der Waals surface area contributed by atoms with Gasteiger partial charge in [-0.15, -0.1) is 0 Å². The highest BCUT2D eigenvalue weighted by Crippen LogP contribution is 2.38. The maximum Gasteiger partial charge on any atom is 0.265 e. The smallest absolute Gasteiger partial charge is 0.265 e. The predicted molar refractivity (Wildman–Crippen MR) is 180 cm³/mol. The summed E-state index contributed by atoms with van der Waals surface area (Å²) < 4.78 is 51.6. The summed E-state index contributed by atoms with van der Waals surface area (Å²) in [7, 11) is 1.30. The summed E-state index contributed by atoms with van der Waals surface area (Å²) in [6, 6.07) is 15.7. The number of nitrogens with one attached hydrogen (secondary N) is 1. The first-order chi connectivity index (χ1) is 22.5. The maximum atomic E-state index is 14.5. The Bertz CT molecular complexity index is 1660. The van der Waals surface area contributed by atoms with Crippen molar-refractivity contribution in [3.63, 3.8) is 0 Å². The van der Waals surface area contributed by atoms with Crippen molar-refractivity contribution >= 4 is 27.5 Å². The van der Waals surface area contributed by atoms with Crippen LogP contribution in [0.3, 0.4) is 0 Å². The molecule has 47 heavy (non-hydrogen) atoms. The predicted octanol–water partition coefficient (Wildman–Crippen LogP) is 5.09. The molecule has 1 N–H and O–H groups in total. The molecule has 3 aromatic rings. The molecule has 1 aliphatic rings. The van der Waals surface area contributed by atoms with E-state index in [0.717, 1.165) is 47.5 Å². The number of nitrogens with zero attached hydrogens (tertiary/aromatic N) is 2. The third-order valence-electron chi connectivity index (χ3n) is 8.43. The van der Waals surface area contributed by atoms with Gasteiger partial charge in [0, 0.05) is 24.7 Å². The van der Waals surface area contributed by atoms with E-state index in [1.54, 1.807) is 19.1 Å². The molecule has 1 fully saturated rings. The zero-order valence-corrected chi connectivity index (χ0v) is 28.8. The number of amides is 2. The van der Waals surface area contributed by atoms with Crippen molar-refractivity contribution in [2.45, 2.75) is 69.5 Å². The molecule has 0 saturated heterocycles. The van der Waals surface area contributed by atoms with Gasteiger partial charge in [-0.3, -0.25) is 13.9 Å². The second-order valence-electron chi connectivity index (χ2n) is 11.6. The molecular weight excluding hydrogens is 622 g/mol. The third kappa shape index (κ3) is 8.48. The molecule has 2 amide bonds. The van der Waals surface area contributed by atoms with Crippen molar-refractivity contribution in [1.82, 2.24) is 10.2 Å². The fraction of sp³-hybridized carbons (Fsp3) is 0.429. The molecule has 0 spiro atoms. The van der Waals surface area contributed by atoms with Crippen LogP contribution in [0.2, 0.25) is 0 Å². The molecule has 4 rings (SSSR count). The minimum Gasteiger partial charge on any atom is -0.497 e. The van der Waals surface area contributed by atoms with E-state index in [4.69, 9.17) is 18.9 Å². The SMILES string of the molecule is COc1ccc(OC)c(N(CC(=O)N(Cc2cccc(C)c2)C(C)C(=O)NC2CCCCC2)S(=O)(=O)c2ccc(OC)c(OC)c2)c1. The van der Waals surface area contributed by atoms with Gasteiger partial charge in [0.2, 0.25) is 11.8 Å². The Morgan fingerprint density at radius 2 is 1.53 bits per heavy atom. The van der Waals surface area contributed by atoms with Crippen LogP contribution in [0.4, 0.5) is 5.69 Å². The van der Waals surface area contributed by atoms with Gasteiger partial charge in [0.15, 0.2) is 11.5 Å². The molecule has 0 heterocycles. The summed E-state index contributed by atoms with van der Waals surface area (Å²) in [6.45, 7) is 3.08. The lowest BCUT2D eigenvalue weighted by atomic mass is 9.95. The van der Waals surface area contributed by atoms with Crippen molar-refractivity contribution in [3.8, 4) is 23.0 Å². The summed E-state index contributed by atoms with van der Waals surface area (Å²) in [5, 5.41) is 3.12. The van der Waals surface area contributed by atoms with Crippen LogP contribution in [0.1, 0.15) is 50.2 Å². The number of hydrogen-bond donors (Lipinski definition) is 1. The van der Waals surface area contributed by atoms with E-state index in [1.165, 1.54) is 57.6 Å². The molecule has 3 aromatic carbocycles. The van der Waals surface area contributed by atoms with Crippen LogP contribution in [-0.2, 0) is 26.2 Å². The van der Waals surface area contributed by atoms with Gasteiger partial charge in [0.25, 0.3) is 10.0 Å². The number of anilines is 1. The minimum atomic E-state index is -4.43. The van der Waals surface area contributed by atoms with Crippen LogP contribution >= 0.6 is 0 Å². The summed E-state index contributed by atoms with van der Waals surface area (Å²) in [5.41, 5.74) is 1.89. The minimum absolute atomic E-state index is 0.0394. The molecule has 1 atom stereocenters. The largest absolute Gasteiger partial charge is 0.497 e. The Labute approximate surface area is 277 Å². The van der Waals surface area contributed by atoms with Crippen LogP contribution in [0, 0.1) is 6.92 Å². The Morgan fingerprint density at radius 1 is 0.851 bits per heavy atom. The highest BCUT2D eigenvalue weighted by Gasteiger charge is 2.35. The number of rotatable bonds is 14. The van der Waals surface area contributed by atoms with Gasteiger partial charge in [-0.25, -0.2) is 8.42 Å². The molecule has 0 bridgehead atoms. The topological polar surface area (TPSA) is 124 Å². The number of carbonyl (C=O) groups is 2. The van der Waals surface area contributed by atoms with Gasteiger partial charge in [0.1, 0.15) is 24.1 Å². The molecule has 12 heteroatoms. The Hall–Kier alpha value is -4.45. The lowest BCUT2D eigenvalue weighted by Gasteiger charge is -2.33. The van der Waals surface area contributed by atoms with Crippen LogP contribution < -0.4 is 28.6 Å². The second-order valence-corrected chi connectivity index (χ2v) is 13.5. The van der Waals surface area contributed by atoms with E-state index in [0.29, 0.717) is 11.5 Å². The zero-order chi connectivity index (χ0) is 34.1. The van der Waals surface area contributed by atoms with E-state index in [2.05, 4.69) is 5.32 Å². The quantitative estimate of drug-likeness (QED) is 0.252. The monoisotopic (exact) mass is 667 g/mol. The van der Waals surface area contributed by atoms with Gasteiger partial charge >= 0.3 is 0 Å². The molecule has 0 aromatic heterocycles. The molecule has 254 valence electrons. The number of aryl methyl sites for hydroxylation is 1. The average molecular weight is 668 g/mol. The fourth-order valence-corrected chi connectivity index (χ4v) is 7.20. The highest BCUT2D eigenvalue weighted by molar-refractivity contribution is 7.92. The van der Waals surface area contributed by atoms with Crippen LogP contribution in [0.5, 0.6) is 23.0 Å². The Balaban J connectivity index is 1.78. The van der Waals surface area contributed by atoms with E-state index < -0.39 is 28.5 Å². The fourth-order valence-electron chi connectivity index (χ4n) is 5.77. The van der Waals surface area contributed by atoms with Crippen molar-refractivity contribution < 1.29 is 37.0 Å². The molecule has 1 saturated carbocycles. The van der Waals surface area contributed by atoms with Crippen molar-refractivity contribution in [2.24, 2.45) is 0 Å². The normalized spacial score (nSPS) is 14.1. The first kappa shape index (κ1) is 35.4. The third-order valence-corrected chi connectivity index (χ3v) is 10.2. The zero-order valence-electron chi connectivity index (χ0n) is 27.9. The standard InChI is InChI=1S/C35H45N3O8S/c1-24-11-10-12-26(19-24)22-37(25(2)35(40)36-27-13-8-7-9-14-27)34(39)23-38(30-20-28(43-3)15-17-31(30)44-4)47(41,42)29-16-18-32(45-5)33(21-29)46-6/h10-12,15-21,25,27H,7-9,13-14,22-23H2,1-6H3,(H,36,40). The van der Waals surface area contributed by atoms with Crippen molar-refractivity contribution in [1.29, 1.82) is 0 Å². The molecule has 0 aliphatic heterocycles. The summed E-state index contributed by atoms with van der Waals surface area (Å²) in [6.07, 6.45) is 4.99. The van der Waals surface area contributed by atoms with Crippen LogP contribution in [-0.4, -0.2) is 72.2 Å². The number of sulfonamides is 1. The first-order valence-electron chi connectivity index (χ1n) is 15.6. The second kappa shape index (κ2) is 15.9. The highest BCUT2D eigenvalue weighted by atomic mass is 32.2. The van der Waals surface area contributed by atoms with Gasteiger partial charge in [-0.05, 0) is 56.5 Å². The van der Waals surface area contributed by atoms with E-state index in [-0.39, 0.29) is 40.6 Å². The van der Waals surface area contributed by atoms with E-state index in [9.17, 15) is 18.0 Å². The summed E-state index contributed by atoms with van der Waals surface area (Å²) in [5.74, 6) is 0.244. The lowest BCUT2D eigenvalue weighted by molar-refractivity contribution is -0.139. The lowest BCUT2D eigenvalue weighted by Crippen LogP contribution is -2.53. The van der Waals surface area contributed by atoms with E-state index in [1.807, 2.05) is 31.2 Å². The van der Waals surface area contributed by atoms with Crippen LogP contribution in [0.15, 0.2) is 65.6 Å². The molecule has 11 nitrogen and oxygen atoms in total. The molecular formula is C35H45N3O8S. The number of hydrogen-bond acceptors (Lipinski definition) is 8. The van der Waals surface area contributed by atoms with Gasteiger partial charge < -0.3 is 29.2 Å².